The van der Waals surface area contributed by atoms with Crippen LogP contribution in [-0.4, -0.2) is 48.5 Å². The van der Waals surface area contributed by atoms with Gasteiger partial charge in [-0.15, -0.1) is 0 Å². The van der Waals surface area contributed by atoms with E-state index in [1.807, 2.05) is 0 Å². The van der Waals surface area contributed by atoms with Crippen molar-refractivity contribution in [2.24, 2.45) is 5.92 Å². The Kier molecular flexibility index (Phi) is 5.26. The smallest absolute Gasteiger partial charge is 0.0599 e. The number of aliphatic hydroxyl groups excluding tert-OH is 1. The van der Waals surface area contributed by atoms with E-state index in [9.17, 15) is 5.11 Å². The van der Waals surface area contributed by atoms with Crippen LogP contribution in [0.15, 0.2) is 0 Å². The monoisotopic (exact) mass is 241 g/mol. The zero-order chi connectivity index (χ0) is 12.1. The van der Waals surface area contributed by atoms with Crippen LogP contribution in [0.25, 0.3) is 0 Å². The average molecular weight is 241 g/mol. The minimum Gasteiger partial charge on any atom is -0.393 e. The number of rotatable bonds is 4. The summed E-state index contributed by atoms with van der Waals surface area (Å²) in [5, 5.41) is 9.98. The first-order valence-corrected chi connectivity index (χ1v) is 7.31. The van der Waals surface area contributed by atoms with Gasteiger partial charge in [0.05, 0.1) is 12.2 Å². The molecule has 0 aromatic heterocycles. The molecule has 0 amide bonds. The molecule has 1 N–H and O–H groups in total. The highest BCUT2D eigenvalue weighted by molar-refractivity contribution is 4.80. The molecule has 0 radical (unpaired) electrons. The summed E-state index contributed by atoms with van der Waals surface area (Å²) in [5.74, 6) is 0.521. The molecule has 1 aliphatic heterocycles. The number of hydrogen-bond donors (Lipinski definition) is 1. The summed E-state index contributed by atoms with van der Waals surface area (Å²) in [5.41, 5.74) is 0. The van der Waals surface area contributed by atoms with Crippen LogP contribution >= 0.6 is 0 Å². The van der Waals surface area contributed by atoms with E-state index >= 15 is 0 Å². The Labute approximate surface area is 105 Å². The van der Waals surface area contributed by atoms with E-state index in [2.05, 4.69) is 11.8 Å². The van der Waals surface area contributed by atoms with Gasteiger partial charge in [-0.25, -0.2) is 0 Å². The lowest BCUT2D eigenvalue weighted by Gasteiger charge is -2.36. The second kappa shape index (κ2) is 6.72. The van der Waals surface area contributed by atoms with E-state index in [1.165, 1.54) is 19.3 Å². The van der Waals surface area contributed by atoms with Crippen LogP contribution in [-0.2, 0) is 4.74 Å². The molecule has 17 heavy (non-hydrogen) atoms. The van der Waals surface area contributed by atoms with Gasteiger partial charge in [0, 0.05) is 26.2 Å². The standard InChI is InChI=1S/C14H27NO2/c1-2-17-13-7-9-15(10-8-13)11-12-5-3-4-6-14(12)16/h12-14,16H,2-11H2,1H3. The highest BCUT2D eigenvalue weighted by Crippen LogP contribution is 2.26. The van der Waals surface area contributed by atoms with Crippen molar-refractivity contribution in [3.8, 4) is 0 Å². The van der Waals surface area contributed by atoms with Crippen LogP contribution in [0, 0.1) is 5.92 Å². The van der Waals surface area contributed by atoms with Gasteiger partial charge < -0.3 is 14.7 Å². The Hall–Kier alpha value is -0.120. The molecule has 2 fully saturated rings. The van der Waals surface area contributed by atoms with Gasteiger partial charge in [-0.3, -0.25) is 0 Å². The van der Waals surface area contributed by atoms with Crippen LogP contribution in [0.3, 0.4) is 0 Å². The number of aliphatic hydroxyl groups is 1. The summed E-state index contributed by atoms with van der Waals surface area (Å²) >= 11 is 0. The SMILES string of the molecule is CCOC1CCN(CC2CCCCC2O)CC1. The van der Waals surface area contributed by atoms with E-state index in [0.29, 0.717) is 12.0 Å². The van der Waals surface area contributed by atoms with Crippen LogP contribution < -0.4 is 0 Å². The molecule has 0 aromatic rings. The first-order valence-electron chi connectivity index (χ1n) is 7.31. The van der Waals surface area contributed by atoms with E-state index in [1.54, 1.807) is 0 Å². The van der Waals surface area contributed by atoms with E-state index in [-0.39, 0.29) is 6.10 Å². The second-order valence-electron chi connectivity index (χ2n) is 5.57. The molecule has 1 saturated carbocycles. The summed E-state index contributed by atoms with van der Waals surface area (Å²) in [6, 6.07) is 0. The third-order valence-electron chi connectivity index (χ3n) is 4.30. The van der Waals surface area contributed by atoms with Crippen molar-refractivity contribution in [2.45, 2.75) is 57.7 Å². The van der Waals surface area contributed by atoms with Crippen molar-refractivity contribution in [3.63, 3.8) is 0 Å². The third kappa shape index (κ3) is 3.94. The van der Waals surface area contributed by atoms with Gasteiger partial charge in [-0.05, 0) is 38.5 Å². The van der Waals surface area contributed by atoms with Crippen molar-refractivity contribution < 1.29 is 9.84 Å². The molecule has 2 rings (SSSR count). The molecule has 1 heterocycles. The topological polar surface area (TPSA) is 32.7 Å². The Morgan fingerprint density at radius 2 is 1.82 bits per heavy atom. The molecule has 0 aromatic carbocycles. The minimum atomic E-state index is -0.0478. The van der Waals surface area contributed by atoms with Gasteiger partial charge in [0.15, 0.2) is 0 Å². The first-order chi connectivity index (χ1) is 8.29. The molecule has 0 spiro atoms. The molecule has 1 aliphatic carbocycles. The molecule has 2 atom stereocenters. The van der Waals surface area contributed by atoms with Gasteiger partial charge >= 0.3 is 0 Å². The molecule has 2 aliphatic rings. The Bertz CT molecular complexity index is 214. The number of hydrogen-bond acceptors (Lipinski definition) is 3. The molecular formula is C14H27NO2. The Morgan fingerprint density at radius 1 is 1.12 bits per heavy atom. The predicted octanol–water partition coefficient (Wildman–Crippen LogP) is 2.04. The molecule has 3 nitrogen and oxygen atoms in total. The van der Waals surface area contributed by atoms with Crippen molar-refractivity contribution in [3.05, 3.63) is 0 Å². The molecule has 2 unspecified atom stereocenters. The lowest BCUT2D eigenvalue weighted by Crippen LogP contribution is -2.42. The van der Waals surface area contributed by atoms with Crippen molar-refractivity contribution >= 4 is 0 Å². The molecule has 0 bridgehead atoms. The van der Waals surface area contributed by atoms with Crippen LogP contribution in [0.4, 0.5) is 0 Å². The van der Waals surface area contributed by atoms with Gasteiger partial charge in [0.2, 0.25) is 0 Å². The Balaban J connectivity index is 1.70. The van der Waals surface area contributed by atoms with E-state index in [4.69, 9.17) is 4.74 Å². The van der Waals surface area contributed by atoms with Crippen molar-refractivity contribution in [2.75, 3.05) is 26.2 Å². The van der Waals surface area contributed by atoms with Crippen LogP contribution in [0.1, 0.15) is 45.4 Å². The van der Waals surface area contributed by atoms with Crippen LogP contribution in [0.5, 0.6) is 0 Å². The summed E-state index contributed by atoms with van der Waals surface area (Å²) < 4.78 is 5.67. The van der Waals surface area contributed by atoms with Gasteiger partial charge in [0.1, 0.15) is 0 Å². The number of nitrogens with zero attached hydrogens (tertiary/aromatic N) is 1. The highest BCUT2D eigenvalue weighted by Gasteiger charge is 2.27. The maximum absolute atomic E-state index is 9.98. The van der Waals surface area contributed by atoms with E-state index in [0.717, 1.165) is 45.5 Å². The fraction of sp³-hybridized carbons (Fsp3) is 1.00. The minimum absolute atomic E-state index is 0.0478. The summed E-state index contributed by atoms with van der Waals surface area (Å²) in [6.45, 7) is 6.30. The number of ether oxygens (including phenoxy) is 1. The van der Waals surface area contributed by atoms with E-state index < -0.39 is 0 Å². The fourth-order valence-corrected chi connectivity index (χ4v) is 3.23. The highest BCUT2D eigenvalue weighted by atomic mass is 16.5. The zero-order valence-electron chi connectivity index (χ0n) is 11.1. The lowest BCUT2D eigenvalue weighted by atomic mass is 9.86. The van der Waals surface area contributed by atoms with Crippen molar-refractivity contribution in [1.29, 1.82) is 0 Å². The Morgan fingerprint density at radius 3 is 2.47 bits per heavy atom. The summed E-state index contributed by atoms with van der Waals surface area (Å²) in [6.07, 6.45) is 7.50. The molecule has 100 valence electrons. The maximum atomic E-state index is 9.98. The van der Waals surface area contributed by atoms with Gasteiger partial charge in [0.25, 0.3) is 0 Å². The number of piperidine rings is 1. The number of likely N-dealkylation sites (tertiary alicyclic amines) is 1. The van der Waals surface area contributed by atoms with Crippen molar-refractivity contribution in [1.82, 2.24) is 4.90 Å². The largest absolute Gasteiger partial charge is 0.393 e. The third-order valence-corrected chi connectivity index (χ3v) is 4.30. The zero-order valence-corrected chi connectivity index (χ0v) is 11.1. The first kappa shape index (κ1) is 13.3. The fourth-order valence-electron chi connectivity index (χ4n) is 3.23. The molecule has 1 saturated heterocycles. The summed E-state index contributed by atoms with van der Waals surface area (Å²) in [7, 11) is 0. The maximum Gasteiger partial charge on any atom is 0.0599 e. The quantitative estimate of drug-likeness (QED) is 0.817. The lowest BCUT2D eigenvalue weighted by molar-refractivity contribution is -0.00341. The van der Waals surface area contributed by atoms with Gasteiger partial charge in [-0.1, -0.05) is 12.8 Å². The molecule has 3 heteroatoms. The molecular weight excluding hydrogens is 214 g/mol. The second-order valence-corrected chi connectivity index (χ2v) is 5.57. The predicted molar refractivity (Wildman–Crippen MR) is 69.1 cm³/mol. The van der Waals surface area contributed by atoms with Crippen LogP contribution in [0.2, 0.25) is 0 Å². The van der Waals surface area contributed by atoms with Gasteiger partial charge in [-0.2, -0.15) is 0 Å². The summed E-state index contributed by atoms with van der Waals surface area (Å²) in [4.78, 5) is 2.52. The normalized spacial score (nSPS) is 32.8. The average Bonchev–Trinajstić information content (AvgIpc) is 2.35.